The van der Waals surface area contributed by atoms with Crippen LogP contribution in [0.1, 0.15) is 52.7 Å². The molecule has 6 rings (SSSR count). The topological polar surface area (TPSA) is 20.3 Å². The molecule has 1 aliphatic carbocycles. The highest BCUT2D eigenvalue weighted by Crippen LogP contribution is 2.42. The van der Waals surface area contributed by atoms with Gasteiger partial charge in [0, 0.05) is 30.1 Å². The fraction of sp³-hybridized carbons (Fsp3) is 0.370. The van der Waals surface area contributed by atoms with Crippen molar-refractivity contribution in [3.63, 3.8) is 0 Å². The third-order valence-corrected chi connectivity index (χ3v) is 7.61. The molecule has 2 atom stereocenters. The number of carbonyl (C=O) groups excluding carboxylic acids is 1. The maximum atomic E-state index is 13.6. The van der Waals surface area contributed by atoms with Gasteiger partial charge in [-0.25, -0.2) is 0 Å². The van der Waals surface area contributed by atoms with Crippen LogP contribution in [0.25, 0.3) is 10.8 Å². The summed E-state index contributed by atoms with van der Waals surface area (Å²) in [6, 6.07) is 22.8. The van der Waals surface area contributed by atoms with E-state index in [9.17, 15) is 4.79 Å². The number of rotatable bonds is 4. The number of benzene rings is 3. The van der Waals surface area contributed by atoms with Crippen LogP contribution in [-0.4, -0.2) is 22.8 Å². The first-order valence-corrected chi connectivity index (χ1v) is 11.2. The fourth-order valence-corrected chi connectivity index (χ4v) is 6.22. The van der Waals surface area contributed by atoms with Gasteiger partial charge in [-0.1, -0.05) is 60.7 Å². The predicted octanol–water partition coefficient (Wildman–Crippen LogP) is 5.56. The summed E-state index contributed by atoms with van der Waals surface area (Å²) < 4.78 is 0. The lowest BCUT2D eigenvalue weighted by atomic mass is 9.83. The normalized spacial score (nSPS) is 25.6. The van der Waals surface area contributed by atoms with Gasteiger partial charge < -0.3 is 0 Å². The van der Waals surface area contributed by atoms with Gasteiger partial charge in [0.25, 0.3) is 0 Å². The molecule has 0 amide bonds. The van der Waals surface area contributed by atoms with Gasteiger partial charge in [0.15, 0.2) is 5.78 Å². The van der Waals surface area contributed by atoms with Gasteiger partial charge in [-0.05, 0) is 66.0 Å². The lowest BCUT2D eigenvalue weighted by Crippen LogP contribution is -2.44. The quantitative estimate of drug-likeness (QED) is 0.551. The molecule has 2 fully saturated rings. The summed E-state index contributed by atoms with van der Waals surface area (Å²) in [6.07, 6.45) is 6.76. The zero-order chi connectivity index (χ0) is 19.4. The van der Waals surface area contributed by atoms with Gasteiger partial charge in [0.2, 0.25) is 0 Å². The minimum Gasteiger partial charge on any atom is -0.294 e. The number of carbonyl (C=O) groups is 1. The first-order chi connectivity index (χ1) is 14.3. The van der Waals surface area contributed by atoms with Crippen LogP contribution >= 0.6 is 0 Å². The van der Waals surface area contributed by atoms with Crippen molar-refractivity contribution in [3.8, 4) is 0 Å². The molecule has 3 aromatic carbocycles. The van der Waals surface area contributed by atoms with Crippen molar-refractivity contribution < 1.29 is 4.79 Å². The lowest BCUT2D eigenvalue weighted by molar-refractivity contribution is 0.0679. The second kappa shape index (κ2) is 6.81. The summed E-state index contributed by atoms with van der Waals surface area (Å²) in [6.45, 7) is 1.03. The fourth-order valence-electron chi connectivity index (χ4n) is 6.22. The Kier molecular flexibility index (Phi) is 4.09. The van der Waals surface area contributed by atoms with E-state index in [0.717, 1.165) is 37.8 Å². The van der Waals surface area contributed by atoms with E-state index in [1.165, 1.54) is 40.3 Å². The minimum absolute atomic E-state index is 0.179. The highest BCUT2D eigenvalue weighted by atomic mass is 16.1. The Morgan fingerprint density at radius 1 is 0.828 bits per heavy atom. The molecule has 0 aromatic heterocycles. The van der Waals surface area contributed by atoms with Crippen molar-refractivity contribution in [2.24, 2.45) is 5.92 Å². The number of hydrogen-bond acceptors (Lipinski definition) is 2. The van der Waals surface area contributed by atoms with Crippen LogP contribution in [0.4, 0.5) is 0 Å². The molecular weight excluding hydrogens is 354 g/mol. The Balaban J connectivity index is 1.27. The van der Waals surface area contributed by atoms with E-state index in [4.69, 9.17) is 0 Å². The Labute approximate surface area is 172 Å². The number of fused-ring (bicyclic) bond motifs is 2. The molecule has 0 radical (unpaired) electrons. The Morgan fingerprint density at radius 2 is 1.55 bits per heavy atom. The average Bonchev–Trinajstić information content (AvgIpc) is 3.27. The van der Waals surface area contributed by atoms with E-state index in [-0.39, 0.29) is 5.92 Å². The molecule has 2 bridgehead atoms. The molecule has 2 nitrogen and oxygen atoms in total. The highest BCUT2D eigenvalue weighted by molar-refractivity contribution is 6.11. The summed E-state index contributed by atoms with van der Waals surface area (Å²) in [5.74, 6) is 0.565. The summed E-state index contributed by atoms with van der Waals surface area (Å²) >= 11 is 0. The third kappa shape index (κ3) is 2.85. The largest absolute Gasteiger partial charge is 0.294 e. The van der Waals surface area contributed by atoms with Crippen molar-refractivity contribution >= 4 is 16.6 Å². The lowest BCUT2D eigenvalue weighted by Gasteiger charge is -2.38. The SMILES string of the molecule is O=C(c1ccc2c3c(cccc13)CC2)C1CC2CCC(C1)N2Cc1ccccc1. The van der Waals surface area contributed by atoms with Gasteiger partial charge >= 0.3 is 0 Å². The summed E-state index contributed by atoms with van der Waals surface area (Å²) in [7, 11) is 0. The first-order valence-electron chi connectivity index (χ1n) is 11.2. The molecule has 3 aliphatic rings. The second-order valence-electron chi connectivity index (χ2n) is 9.19. The van der Waals surface area contributed by atoms with Gasteiger partial charge in [-0.3, -0.25) is 9.69 Å². The number of aryl methyl sites for hydroxylation is 2. The van der Waals surface area contributed by atoms with E-state index < -0.39 is 0 Å². The smallest absolute Gasteiger partial charge is 0.166 e. The monoisotopic (exact) mass is 381 g/mol. The molecular formula is C27H27NO. The molecule has 2 aliphatic heterocycles. The predicted molar refractivity (Wildman–Crippen MR) is 117 cm³/mol. The minimum atomic E-state index is 0.179. The van der Waals surface area contributed by atoms with E-state index in [1.54, 1.807) is 0 Å². The molecule has 0 spiro atoms. The standard InChI is InChI=1S/C27H27NO/c29-27(25-14-11-20-10-9-19-7-4-8-24(25)26(19)20)21-15-22-12-13-23(16-21)28(22)17-18-5-2-1-3-6-18/h1-8,11,14,21-23H,9-10,12-13,15-17H2. The molecule has 146 valence electrons. The van der Waals surface area contributed by atoms with E-state index in [0.29, 0.717) is 17.9 Å². The van der Waals surface area contributed by atoms with Gasteiger partial charge in [-0.15, -0.1) is 0 Å². The van der Waals surface area contributed by atoms with Gasteiger partial charge in [0.05, 0.1) is 0 Å². The highest BCUT2D eigenvalue weighted by Gasteiger charge is 2.43. The number of piperidine rings is 1. The maximum Gasteiger partial charge on any atom is 0.166 e. The molecule has 2 unspecified atom stereocenters. The van der Waals surface area contributed by atoms with Crippen LogP contribution in [0.15, 0.2) is 60.7 Å². The number of ketones is 1. The zero-order valence-corrected chi connectivity index (χ0v) is 16.8. The van der Waals surface area contributed by atoms with Crippen LogP contribution < -0.4 is 0 Å². The Morgan fingerprint density at radius 3 is 2.31 bits per heavy atom. The molecule has 0 N–H and O–H groups in total. The molecule has 29 heavy (non-hydrogen) atoms. The van der Waals surface area contributed by atoms with Gasteiger partial charge in [0.1, 0.15) is 0 Å². The van der Waals surface area contributed by atoms with Crippen molar-refractivity contribution in [2.75, 3.05) is 0 Å². The Bertz CT molecular complexity index is 1060. The summed E-state index contributed by atoms with van der Waals surface area (Å²) in [5.41, 5.74) is 5.20. The molecule has 2 heterocycles. The van der Waals surface area contributed by atoms with Crippen molar-refractivity contribution in [1.29, 1.82) is 0 Å². The van der Waals surface area contributed by atoms with Crippen molar-refractivity contribution in [3.05, 3.63) is 82.9 Å². The zero-order valence-electron chi connectivity index (χ0n) is 16.8. The van der Waals surface area contributed by atoms with Crippen molar-refractivity contribution in [2.45, 2.75) is 57.2 Å². The molecule has 3 aromatic rings. The van der Waals surface area contributed by atoms with Crippen LogP contribution in [0.5, 0.6) is 0 Å². The summed E-state index contributed by atoms with van der Waals surface area (Å²) in [4.78, 5) is 16.3. The van der Waals surface area contributed by atoms with Crippen LogP contribution in [0.2, 0.25) is 0 Å². The van der Waals surface area contributed by atoms with E-state index >= 15 is 0 Å². The van der Waals surface area contributed by atoms with Gasteiger partial charge in [-0.2, -0.15) is 0 Å². The molecule has 0 saturated carbocycles. The van der Waals surface area contributed by atoms with E-state index in [1.807, 2.05) is 0 Å². The average molecular weight is 382 g/mol. The number of nitrogens with zero attached hydrogens (tertiary/aromatic N) is 1. The van der Waals surface area contributed by atoms with Crippen LogP contribution in [0.3, 0.4) is 0 Å². The number of Topliss-reactive ketones (excluding diaryl/α,β-unsaturated/α-hetero) is 1. The second-order valence-corrected chi connectivity index (χ2v) is 9.19. The molecule has 2 heteroatoms. The molecule has 2 saturated heterocycles. The van der Waals surface area contributed by atoms with Crippen LogP contribution in [0, 0.1) is 5.92 Å². The van der Waals surface area contributed by atoms with Crippen molar-refractivity contribution in [1.82, 2.24) is 4.90 Å². The Hall–Kier alpha value is -2.45. The van der Waals surface area contributed by atoms with Crippen LogP contribution in [-0.2, 0) is 19.4 Å². The summed E-state index contributed by atoms with van der Waals surface area (Å²) in [5, 5.41) is 2.56. The number of hydrogen-bond donors (Lipinski definition) is 0. The third-order valence-electron chi connectivity index (χ3n) is 7.61. The maximum absolute atomic E-state index is 13.6. The van der Waals surface area contributed by atoms with E-state index in [2.05, 4.69) is 65.6 Å². The first kappa shape index (κ1) is 17.4.